The summed E-state index contributed by atoms with van der Waals surface area (Å²) in [4.78, 5) is 14.1. The first-order valence-corrected chi connectivity index (χ1v) is 6.24. The van der Waals surface area contributed by atoms with Crippen LogP contribution < -0.4 is 5.73 Å². The smallest absolute Gasteiger partial charge is 0.227 e. The largest absolute Gasteiger partial charge is 0.380 e. The first-order chi connectivity index (χ1) is 7.72. The highest BCUT2D eigenvalue weighted by molar-refractivity contribution is 5.79. The van der Waals surface area contributed by atoms with Gasteiger partial charge in [0, 0.05) is 26.7 Å². The number of likely N-dealkylation sites (tertiary alicyclic amines) is 1. The highest BCUT2D eigenvalue weighted by Crippen LogP contribution is 2.17. The van der Waals surface area contributed by atoms with E-state index in [4.69, 9.17) is 10.5 Å². The Morgan fingerprint density at radius 3 is 2.94 bits per heavy atom. The number of carbonyl (C=O) groups excluding carboxylic acids is 1. The Bertz CT molecular complexity index is 221. The molecule has 2 N–H and O–H groups in total. The third-order valence-corrected chi connectivity index (χ3v) is 3.29. The van der Waals surface area contributed by atoms with Crippen LogP contribution in [0.15, 0.2) is 0 Å². The molecule has 1 aliphatic rings. The average Bonchev–Trinajstić information content (AvgIpc) is 2.35. The summed E-state index contributed by atoms with van der Waals surface area (Å²) in [6, 6.07) is 0. The lowest BCUT2D eigenvalue weighted by molar-refractivity contribution is -0.139. The topological polar surface area (TPSA) is 55.6 Å². The van der Waals surface area contributed by atoms with E-state index in [-0.39, 0.29) is 17.9 Å². The zero-order valence-corrected chi connectivity index (χ0v) is 10.4. The molecule has 4 nitrogen and oxygen atoms in total. The van der Waals surface area contributed by atoms with Gasteiger partial charge in [0.05, 0.1) is 12.0 Å². The lowest BCUT2D eigenvalue weighted by Crippen LogP contribution is -2.46. The summed E-state index contributed by atoms with van der Waals surface area (Å²) in [6.07, 6.45) is 4.20. The Labute approximate surface area is 98.1 Å². The van der Waals surface area contributed by atoms with E-state index in [1.165, 1.54) is 0 Å². The highest BCUT2D eigenvalue weighted by atomic mass is 16.5. The summed E-state index contributed by atoms with van der Waals surface area (Å²) >= 11 is 0. The number of methoxy groups -OCH3 is 1. The van der Waals surface area contributed by atoms with Crippen molar-refractivity contribution in [1.82, 2.24) is 4.90 Å². The van der Waals surface area contributed by atoms with Gasteiger partial charge in [-0.3, -0.25) is 4.79 Å². The molecule has 0 aromatic heterocycles. The van der Waals surface area contributed by atoms with Crippen molar-refractivity contribution < 1.29 is 9.53 Å². The number of amides is 1. The monoisotopic (exact) mass is 228 g/mol. The van der Waals surface area contributed by atoms with Gasteiger partial charge in [-0.05, 0) is 19.3 Å². The van der Waals surface area contributed by atoms with Crippen LogP contribution in [0.3, 0.4) is 0 Å². The van der Waals surface area contributed by atoms with Crippen LogP contribution in [0.25, 0.3) is 0 Å². The van der Waals surface area contributed by atoms with Gasteiger partial charge in [0.2, 0.25) is 5.91 Å². The number of ether oxygens (including phenoxy) is 1. The van der Waals surface area contributed by atoms with Crippen LogP contribution in [-0.2, 0) is 9.53 Å². The Hall–Kier alpha value is -0.610. The predicted octanol–water partition coefficient (Wildman–Crippen LogP) is 0.999. The molecule has 0 aromatic carbocycles. The number of nitrogens with two attached hydrogens (primary N) is 1. The Kier molecular flexibility index (Phi) is 5.77. The predicted molar refractivity (Wildman–Crippen MR) is 64.1 cm³/mol. The molecule has 16 heavy (non-hydrogen) atoms. The third-order valence-electron chi connectivity index (χ3n) is 3.29. The molecule has 1 amide bonds. The molecule has 2 unspecified atom stereocenters. The lowest BCUT2D eigenvalue weighted by atomic mass is 10.00. The fourth-order valence-corrected chi connectivity index (χ4v) is 2.28. The second-order valence-corrected chi connectivity index (χ2v) is 4.51. The quantitative estimate of drug-likeness (QED) is 0.763. The first-order valence-electron chi connectivity index (χ1n) is 6.24. The molecule has 94 valence electrons. The number of hydrogen-bond donors (Lipinski definition) is 1. The molecule has 2 atom stereocenters. The van der Waals surface area contributed by atoms with Gasteiger partial charge in [0.25, 0.3) is 0 Å². The summed E-state index contributed by atoms with van der Waals surface area (Å²) in [5, 5.41) is 0. The molecule has 0 spiro atoms. The minimum atomic E-state index is 0.000561. The van der Waals surface area contributed by atoms with E-state index < -0.39 is 0 Å². The molecule has 1 heterocycles. The zero-order valence-electron chi connectivity index (χ0n) is 10.4. The second kappa shape index (κ2) is 6.86. The number of piperidine rings is 1. The van der Waals surface area contributed by atoms with Crippen LogP contribution in [0, 0.1) is 5.92 Å². The van der Waals surface area contributed by atoms with E-state index in [0.29, 0.717) is 6.54 Å². The summed E-state index contributed by atoms with van der Waals surface area (Å²) in [5.41, 5.74) is 5.65. The van der Waals surface area contributed by atoms with E-state index in [2.05, 4.69) is 6.92 Å². The van der Waals surface area contributed by atoms with Crippen molar-refractivity contribution in [2.24, 2.45) is 11.7 Å². The molecule has 0 aromatic rings. The van der Waals surface area contributed by atoms with Crippen molar-refractivity contribution in [3.05, 3.63) is 0 Å². The molecule has 0 radical (unpaired) electrons. The van der Waals surface area contributed by atoms with Gasteiger partial charge in [-0.1, -0.05) is 13.3 Å². The maximum Gasteiger partial charge on any atom is 0.227 e. The van der Waals surface area contributed by atoms with E-state index in [1.54, 1.807) is 7.11 Å². The van der Waals surface area contributed by atoms with Crippen LogP contribution in [0.5, 0.6) is 0 Å². The van der Waals surface area contributed by atoms with E-state index >= 15 is 0 Å². The Morgan fingerprint density at radius 1 is 1.62 bits per heavy atom. The Balaban J connectivity index is 2.51. The second-order valence-electron chi connectivity index (χ2n) is 4.51. The van der Waals surface area contributed by atoms with Gasteiger partial charge in [-0.15, -0.1) is 0 Å². The number of hydrogen-bond acceptors (Lipinski definition) is 3. The lowest BCUT2D eigenvalue weighted by Gasteiger charge is -2.34. The molecule has 0 aliphatic carbocycles. The van der Waals surface area contributed by atoms with Crippen molar-refractivity contribution in [3.8, 4) is 0 Å². The van der Waals surface area contributed by atoms with E-state index in [1.807, 2.05) is 4.90 Å². The summed E-state index contributed by atoms with van der Waals surface area (Å²) in [5.74, 6) is 0.215. The van der Waals surface area contributed by atoms with Crippen LogP contribution in [-0.4, -0.2) is 43.7 Å². The molecular weight excluding hydrogens is 204 g/mol. The van der Waals surface area contributed by atoms with Gasteiger partial charge in [0.15, 0.2) is 0 Å². The van der Waals surface area contributed by atoms with Crippen molar-refractivity contribution in [3.63, 3.8) is 0 Å². The number of nitrogens with zero attached hydrogens (tertiary/aromatic N) is 1. The molecule has 1 aliphatic heterocycles. The molecule has 0 saturated carbocycles. The summed E-state index contributed by atoms with van der Waals surface area (Å²) in [6.45, 7) is 4.14. The van der Waals surface area contributed by atoms with Crippen LogP contribution in [0.4, 0.5) is 0 Å². The normalized spacial score (nSPS) is 23.2. The van der Waals surface area contributed by atoms with Gasteiger partial charge in [0.1, 0.15) is 0 Å². The summed E-state index contributed by atoms with van der Waals surface area (Å²) < 4.78 is 5.32. The molecule has 1 saturated heterocycles. The SMILES string of the molecule is CCCC(CN)C(=O)N1CCCC(OC)C1. The van der Waals surface area contributed by atoms with Crippen LogP contribution >= 0.6 is 0 Å². The van der Waals surface area contributed by atoms with Gasteiger partial charge >= 0.3 is 0 Å². The van der Waals surface area contributed by atoms with Crippen molar-refractivity contribution in [1.29, 1.82) is 0 Å². The molecule has 0 bridgehead atoms. The van der Waals surface area contributed by atoms with E-state index in [9.17, 15) is 4.79 Å². The maximum atomic E-state index is 12.2. The molecular formula is C12H24N2O2. The summed E-state index contributed by atoms with van der Waals surface area (Å²) in [7, 11) is 1.71. The van der Waals surface area contributed by atoms with Gasteiger partial charge in [-0.2, -0.15) is 0 Å². The first kappa shape index (κ1) is 13.5. The highest BCUT2D eigenvalue weighted by Gasteiger charge is 2.27. The average molecular weight is 228 g/mol. The number of rotatable bonds is 5. The standard InChI is InChI=1S/C12H24N2O2/c1-3-5-10(8-13)12(15)14-7-4-6-11(9-14)16-2/h10-11H,3-9,13H2,1-2H3. The Morgan fingerprint density at radius 2 is 2.38 bits per heavy atom. The van der Waals surface area contributed by atoms with Crippen molar-refractivity contribution in [2.75, 3.05) is 26.7 Å². The van der Waals surface area contributed by atoms with E-state index in [0.717, 1.165) is 38.8 Å². The van der Waals surface area contributed by atoms with Crippen LogP contribution in [0.2, 0.25) is 0 Å². The number of carbonyl (C=O) groups is 1. The van der Waals surface area contributed by atoms with Crippen molar-refractivity contribution >= 4 is 5.91 Å². The molecule has 1 fully saturated rings. The van der Waals surface area contributed by atoms with Crippen LogP contribution in [0.1, 0.15) is 32.6 Å². The third kappa shape index (κ3) is 3.46. The fourth-order valence-electron chi connectivity index (χ4n) is 2.28. The van der Waals surface area contributed by atoms with Gasteiger partial charge in [-0.25, -0.2) is 0 Å². The minimum Gasteiger partial charge on any atom is -0.380 e. The molecule has 1 rings (SSSR count). The maximum absolute atomic E-state index is 12.2. The van der Waals surface area contributed by atoms with Crippen molar-refractivity contribution in [2.45, 2.75) is 38.7 Å². The fraction of sp³-hybridized carbons (Fsp3) is 0.917. The molecule has 4 heteroatoms. The minimum absolute atomic E-state index is 0.000561. The zero-order chi connectivity index (χ0) is 12.0. The van der Waals surface area contributed by atoms with Gasteiger partial charge < -0.3 is 15.4 Å².